The molecule has 2 amide bonds. The lowest BCUT2D eigenvalue weighted by atomic mass is 10.1. The number of amides is 2. The highest BCUT2D eigenvalue weighted by molar-refractivity contribution is 14.1. The van der Waals surface area contributed by atoms with Gasteiger partial charge in [0.05, 0.1) is 24.8 Å². The van der Waals surface area contributed by atoms with E-state index in [-0.39, 0.29) is 18.4 Å². The van der Waals surface area contributed by atoms with E-state index in [4.69, 9.17) is 0 Å². The first-order valence-corrected chi connectivity index (χ1v) is 6.48. The average Bonchev–Trinajstić information content (AvgIpc) is 2.63. The molecule has 0 N–H and O–H groups in total. The van der Waals surface area contributed by atoms with Gasteiger partial charge in [0.1, 0.15) is 3.92 Å². The third-order valence-electron chi connectivity index (χ3n) is 2.68. The van der Waals surface area contributed by atoms with Crippen LogP contribution < -0.4 is 0 Å². The Kier molecular flexibility index (Phi) is 3.65. The fourth-order valence-corrected chi connectivity index (χ4v) is 2.42. The number of fused-ring (bicyclic) bond motifs is 1. The minimum absolute atomic E-state index is 0.0274. The topological polar surface area (TPSA) is 63.7 Å². The van der Waals surface area contributed by atoms with Gasteiger partial charge in [-0.2, -0.15) is 0 Å². The van der Waals surface area contributed by atoms with Gasteiger partial charge in [-0.1, -0.05) is 34.7 Å². The molecule has 1 aliphatic heterocycles. The third-order valence-corrected chi connectivity index (χ3v) is 3.58. The maximum atomic E-state index is 12.0. The summed E-state index contributed by atoms with van der Waals surface area (Å²) in [6.45, 7) is 0.0274. The molecule has 2 rings (SSSR count). The summed E-state index contributed by atoms with van der Waals surface area (Å²) < 4.78 is 4.01. The molecule has 1 heterocycles. The van der Waals surface area contributed by atoms with Crippen LogP contribution in [0.25, 0.3) is 0 Å². The van der Waals surface area contributed by atoms with Crippen molar-refractivity contribution in [1.29, 1.82) is 0 Å². The molecule has 0 bridgehead atoms. The maximum Gasteiger partial charge on any atom is 0.320 e. The average molecular weight is 359 g/mol. The van der Waals surface area contributed by atoms with E-state index >= 15 is 0 Å². The first kappa shape index (κ1) is 13.0. The van der Waals surface area contributed by atoms with Crippen LogP contribution in [0.15, 0.2) is 24.3 Å². The molecule has 0 radical (unpaired) electrons. The van der Waals surface area contributed by atoms with E-state index in [1.54, 1.807) is 24.3 Å². The largest absolute Gasteiger partial charge is 0.468 e. The Bertz CT molecular complexity index is 494. The maximum absolute atomic E-state index is 12.0. The van der Waals surface area contributed by atoms with Crippen molar-refractivity contribution in [3.63, 3.8) is 0 Å². The normalized spacial score (nSPS) is 15.6. The zero-order valence-corrected chi connectivity index (χ0v) is 11.7. The molecule has 0 fully saturated rings. The number of carbonyl (C=O) groups excluding carboxylic acids is 3. The number of methoxy groups -OCH3 is 1. The van der Waals surface area contributed by atoms with Crippen molar-refractivity contribution >= 4 is 40.4 Å². The van der Waals surface area contributed by atoms with Crippen LogP contribution in [0.1, 0.15) is 20.7 Å². The molecule has 0 aliphatic carbocycles. The summed E-state index contributed by atoms with van der Waals surface area (Å²) in [6, 6.07) is 6.62. The second kappa shape index (κ2) is 5.05. The Balaban J connectivity index is 2.21. The van der Waals surface area contributed by atoms with Crippen molar-refractivity contribution in [3.05, 3.63) is 35.4 Å². The van der Waals surface area contributed by atoms with E-state index in [0.29, 0.717) is 11.1 Å². The van der Waals surface area contributed by atoms with Crippen LogP contribution in [0, 0.1) is 0 Å². The lowest BCUT2D eigenvalue weighted by molar-refractivity contribution is -0.139. The molecule has 94 valence electrons. The molecule has 1 aliphatic rings. The second-order valence-corrected chi connectivity index (χ2v) is 5.26. The van der Waals surface area contributed by atoms with Gasteiger partial charge in [0.25, 0.3) is 11.8 Å². The SMILES string of the molecule is COC(=O)C(I)CN1C(=O)c2ccccc2C1=O. The third kappa shape index (κ3) is 2.12. The molecule has 1 aromatic rings. The summed E-state index contributed by atoms with van der Waals surface area (Å²) in [5, 5.41) is 0. The van der Waals surface area contributed by atoms with Gasteiger partial charge < -0.3 is 4.74 Å². The first-order chi connectivity index (χ1) is 8.56. The highest BCUT2D eigenvalue weighted by atomic mass is 127. The van der Waals surface area contributed by atoms with E-state index in [9.17, 15) is 14.4 Å². The lowest BCUT2D eigenvalue weighted by Crippen LogP contribution is -2.38. The number of benzene rings is 1. The van der Waals surface area contributed by atoms with Gasteiger partial charge in [0.2, 0.25) is 0 Å². The fourth-order valence-electron chi connectivity index (χ4n) is 1.77. The number of hydrogen-bond acceptors (Lipinski definition) is 4. The van der Waals surface area contributed by atoms with Gasteiger partial charge in [-0.3, -0.25) is 19.3 Å². The van der Waals surface area contributed by atoms with Crippen molar-refractivity contribution in [1.82, 2.24) is 4.90 Å². The van der Waals surface area contributed by atoms with Gasteiger partial charge in [-0.25, -0.2) is 0 Å². The van der Waals surface area contributed by atoms with Crippen LogP contribution in [0.4, 0.5) is 0 Å². The van der Waals surface area contributed by atoms with Gasteiger partial charge >= 0.3 is 5.97 Å². The van der Waals surface area contributed by atoms with Crippen molar-refractivity contribution in [3.8, 4) is 0 Å². The van der Waals surface area contributed by atoms with E-state index in [2.05, 4.69) is 4.74 Å². The van der Waals surface area contributed by atoms with Gasteiger partial charge in [-0.05, 0) is 12.1 Å². The number of hydrogen-bond donors (Lipinski definition) is 0. The number of nitrogens with zero attached hydrogens (tertiary/aromatic N) is 1. The van der Waals surface area contributed by atoms with Crippen LogP contribution in [-0.2, 0) is 9.53 Å². The Hall–Kier alpha value is -1.44. The molecular weight excluding hydrogens is 349 g/mol. The summed E-state index contributed by atoms with van der Waals surface area (Å²) >= 11 is 1.86. The number of halogens is 1. The standard InChI is InChI=1S/C12H10INO4/c1-18-12(17)9(13)6-14-10(15)7-4-2-3-5-8(7)11(14)16/h2-5,9H,6H2,1H3. The molecule has 1 unspecified atom stereocenters. The van der Waals surface area contributed by atoms with Crippen molar-refractivity contribution in [2.24, 2.45) is 0 Å². The monoisotopic (exact) mass is 359 g/mol. The minimum atomic E-state index is -0.560. The first-order valence-electron chi connectivity index (χ1n) is 5.23. The molecule has 0 aromatic heterocycles. The van der Waals surface area contributed by atoms with E-state index in [0.717, 1.165) is 4.90 Å². The molecule has 18 heavy (non-hydrogen) atoms. The highest BCUT2D eigenvalue weighted by Gasteiger charge is 2.37. The Labute approximate surface area is 117 Å². The Morgan fingerprint density at radius 1 is 1.28 bits per heavy atom. The summed E-state index contributed by atoms with van der Waals surface area (Å²) in [5.41, 5.74) is 0.770. The van der Waals surface area contributed by atoms with Crippen molar-refractivity contribution in [2.75, 3.05) is 13.7 Å². The van der Waals surface area contributed by atoms with Gasteiger partial charge in [0, 0.05) is 0 Å². The van der Waals surface area contributed by atoms with Gasteiger partial charge in [0.15, 0.2) is 0 Å². The highest BCUT2D eigenvalue weighted by Crippen LogP contribution is 2.23. The molecule has 5 nitrogen and oxygen atoms in total. The second-order valence-electron chi connectivity index (χ2n) is 3.76. The van der Waals surface area contributed by atoms with Crippen LogP contribution in [0.3, 0.4) is 0 Å². The molecular formula is C12H10INO4. The number of imide groups is 1. The van der Waals surface area contributed by atoms with Crippen molar-refractivity contribution in [2.45, 2.75) is 3.92 Å². The van der Waals surface area contributed by atoms with Crippen LogP contribution in [-0.4, -0.2) is 40.3 Å². The van der Waals surface area contributed by atoms with E-state index in [1.165, 1.54) is 7.11 Å². The van der Waals surface area contributed by atoms with E-state index < -0.39 is 9.89 Å². The van der Waals surface area contributed by atoms with Crippen molar-refractivity contribution < 1.29 is 19.1 Å². The summed E-state index contributed by atoms with van der Waals surface area (Å²) in [7, 11) is 1.27. The minimum Gasteiger partial charge on any atom is -0.468 e. The summed E-state index contributed by atoms with van der Waals surface area (Å²) in [5.74, 6) is -1.17. The summed E-state index contributed by atoms with van der Waals surface area (Å²) in [6.07, 6.45) is 0. The van der Waals surface area contributed by atoms with Crippen LogP contribution >= 0.6 is 22.6 Å². The molecule has 0 saturated heterocycles. The number of esters is 1. The Morgan fingerprint density at radius 3 is 2.22 bits per heavy atom. The zero-order valence-electron chi connectivity index (χ0n) is 9.55. The number of alkyl halides is 1. The van der Waals surface area contributed by atoms with E-state index in [1.807, 2.05) is 22.6 Å². The quantitative estimate of drug-likeness (QED) is 0.353. The van der Waals surface area contributed by atoms with Gasteiger partial charge in [-0.15, -0.1) is 0 Å². The van der Waals surface area contributed by atoms with Crippen LogP contribution in [0.2, 0.25) is 0 Å². The summed E-state index contributed by atoms with van der Waals surface area (Å²) in [4.78, 5) is 36.4. The number of rotatable bonds is 3. The molecule has 0 spiro atoms. The molecule has 6 heteroatoms. The Morgan fingerprint density at radius 2 is 1.78 bits per heavy atom. The lowest BCUT2D eigenvalue weighted by Gasteiger charge is -2.16. The zero-order chi connectivity index (χ0) is 13.3. The predicted octanol–water partition coefficient (Wildman–Crippen LogP) is 1.26. The number of ether oxygens (including phenoxy) is 1. The predicted molar refractivity (Wildman–Crippen MR) is 71.6 cm³/mol. The molecule has 1 atom stereocenters. The smallest absolute Gasteiger partial charge is 0.320 e. The molecule has 1 aromatic carbocycles. The number of carbonyl (C=O) groups is 3. The fraction of sp³-hybridized carbons (Fsp3) is 0.250. The molecule has 0 saturated carbocycles. The van der Waals surface area contributed by atoms with Crippen LogP contribution in [0.5, 0.6) is 0 Å².